The van der Waals surface area contributed by atoms with Crippen LogP contribution >= 0.6 is 0 Å². The third kappa shape index (κ3) is 6.04. The van der Waals surface area contributed by atoms with Crippen LogP contribution < -0.4 is 15.0 Å². The summed E-state index contributed by atoms with van der Waals surface area (Å²) in [4.78, 5) is 19.1. The molecule has 2 aliphatic carbocycles. The van der Waals surface area contributed by atoms with Gasteiger partial charge >= 0.3 is 0 Å². The number of halogens is 1. The summed E-state index contributed by atoms with van der Waals surface area (Å²) in [7, 11) is 1.71. The molecule has 41 heavy (non-hydrogen) atoms. The Morgan fingerprint density at radius 1 is 1.02 bits per heavy atom. The minimum Gasteiger partial charge on any atom is -0.494 e. The van der Waals surface area contributed by atoms with Crippen LogP contribution in [-0.4, -0.2) is 81.6 Å². The number of amides is 1. The summed E-state index contributed by atoms with van der Waals surface area (Å²) in [6.07, 6.45) is 11.7. The number of nitrogens with zero attached hydrogens (tertiary/aromatic N) is 7. The molecule has 1 N–H and O–H groups in total. The summed E-state index contributed by atoms with van der Waals surface area (Å²) in [5.74, 6) is 1.52. The van der Waals surface area contributed by atoms with Gasteiger partial charge in [0.15, 0.2) is 0 Å². The number of carbonyl (C=O) groups is 1. The number of imidazole rings is 1. The highest BCUT2D eigenvalue weighted by Crippen LogP contribution is 2.34. The van der Waals surface area contributed by atoms with Crippen LogP contribution in [0, 0.1) is 25.6 Å². The van der Waals surface area contributed by atoms with Crippen molar-refractivity contribution in [1.29, 1.82) is 0 Å². The molecule has 216 valence electrons. The Labute approximate surface area is 239 Å². The fraction of sp³-hybridized carbons (Fsp3) is 0.467. The molecule has 0 radical (unpaired) electrons. The molecule has 7 rings (SSSR count). The van der Waals surface area contributed by atoms with Gasteiger partial charge in [0.2, 0.25) is 6.41 Å². The predicted molar refractivity (Wildman–Crippen MR) is 155 cm³/mol. The van der Waals surface area contributed by atoms with Gasteiger partial charge in [-0.25, -0.2) is 14.1 Å². The van der Waals surface area contributed by atoms with E-state index in [9.17, 15) is 9.18 Å². The van der Waals surface area contributed by atoms with Crippen LogP contribution in [0.25, 0.3) is 22.7 Å². The van der Waals surface area contributed by atoms with Gasteiger partial charge in [-0.2, -0.15) is 0 Å². The maximum atomic E-state index is 13.9. The number of aromatic nitrogens is 5. The number of rotatable bonds is 8. The van der Waals surface area contributed by atoms with E-state index in [0.717, 1.165) is 72.5 Å². The molecular weight excluding hydrogens is 523 g/mol. The van der Waals surface area contributed by atoms with Gasteiger partial charge in [-0.3, -0.25) is 14.1 Å². The van der Waals surface area contributed by atoms with E-state index in [0.29, 0.717) is 17.3 Å². The average Bonchev–Trinajstić information content (AvgIpc) is 3.89. The molecule has 1 aliphatic heterocycles. The molecule has 11 heteroatoms. The largest absolute Gasteiger partial charge is 0.494 e. The number of benzene rings is 1. The van der Waals surface area contributed by atoms with Crippen LogP contribution in [0.5, 0.6) is 5.75 Å². The lowest BCUT2D eigenvalue weighted by molar-refractivity contribution is -0.109. The molecule has 3 aliphatic rings. The van der Waals surface area contributed by atoms with Crippen molar-refractivity contribution in [3.05, 3.63) is 53.7 Å². The number of methoxy groups -OCH3 is 1. The number of pyridine rings is 1. The maximum absolute atomic E-state index is 13.9. The fourth-order valence-electron chi connectivity index (χ4n) is 5.28. The second-order valence-corrected chi connectivity index (χ2v) is 11.3. The predicted octanol–water partition coefficient (Wildman–Crippen LogP) is 3.77. The molecule has 0 bridgehead atoms. The van der Waals surface area contributed by atoms with Crippen molar-refractivity contribution in [2.24, 2.45) is 5.92 Å². The average molecular weight is 561 g/mol. The second-order valence-electron chi connectivity index (χ2n) is 11.3. The molecule has 10 nitrogen and oxygen atoms in total. The number of aryl methyl sites for hydroxylation is 2. The Kier molecular flexibility index (Phi) is 7.61. The Morgan fingerprint density at radius 3 is 2.46 bits per heavy atom. The standard InChI is InChI=1S/C26H30FN7O.C4H7NO/c1-17-11-22(18(2)10-20(17)27)34-15-21(29-30-34)23-13-28-26-12-25(35-3)24(16-33(23)26)32-8-6-31(7-9-32)14-19-4-5-19;6-3-5-4-1-2-4/h10-13,15-16,19H,4-9,14H2,1-3H3;3-4H,1-2H2,(H,5,6). The van der Waals surface area contributed by atoms with Crippen molar-refractivity contribution in [1.82, 2.24) is 34.6 Å². The zero-order valence-electron chi connectivity index (χ0n) is 23.9. The van der Waals surface area contributed by atoms with E-state index in [2.05, 4.69) is 36.6 Å². The lowest BCUT2D eigenvalue weighted by atomic mass is 10.1. The first-order valence-corrected chi connectivity index (χ1v) is 14.4. The van der Waals surface area contributed by atoms with Gasteiger partial charge in [-0.05, 0) is 68.7 Å². The number of carbonyl (C=O) groups excluding carboxylic acids is 1. The summed E-state index contributed by atoms with van der Waals surface area (Å²) in [6.45, 7) is 8.94. The summed E-state index contributed by atoms with van der Waals surface area (Å²) < 4.78 is 23.4. The molecule has 1 saturated heterocycles. The van der Waals surface area contributed by atoms with Crippen LogP contribution in [0.3, 0.4) is 0 Å². The summed E-state index contributed by atoms with van der Waals surface area (Å²) >= 11 is 0. The molecule has 4 aromatic rings. The molecule has 0 atom stereocenters. The van der Waals surface area contributed by atoms with Gasteiger partial charge in [0.25, 0.3) is 0 Å². The first-order valence-electron chi connectivity index (χ1n) is 14.4. The van der Waals surface area contributed by atoms with E-state index in [1.807, 2.05) is 29.8 Å². The monoisotopic (exact) mass is 560 g/mol. The Bertz CT molecular complexity index is 1530. The van der Waals surface area contributed by atoms with Gasteiger partial charge in [-0.15, -0.1) is 5.10 Å². The first kappa shape index (κ1) is 27.2. The van der Waals surface area contributed by atoms with E-state index < -0.39 is 0 Å². The molecule has 4 heterocycles. The summed E-state index contributed by atoms with van der Waals surface area (Å²) in [6, 6.07) is 5.84. The Balaban J connectivity index is 0.000000449. The number of anilines is 1. The van der Waals surface area contributed by atoms with E-state index in [1.54, 1.807) is 24.8 Å². The van der Waals surface area contributed by atoms with Crippen molar-refractivity contribution in [3.8, 4) is 22.8 Å². The number of hydrogen-bond acceptors (Lipinski definition) is 7. The quantitative estimate of drug-likeness (QED) is 0.328. The van der Waals surface area contributed by atoms with Crippen LogP contribution in [0.1, 0.15) is 36.8 Å². The lowest BCUT2D eigenvalue weighted by Crippen LogP contribution is -2.47. The van der Waals surface area contributed by atoms with E-state index in [4.69, 9.17) is 4.74 Å². The van der Waals surface area contributed by atoms with Crippen LogP contribution in [-0.2, 0) is 4.79 Å². The zero-order valence-corrected chi connectivity index (χ0v) is 23.9. The highest BCUT2D eigenvalue weighted by Gasteiger charge is 2.27. The number of nitrogens with one attached hydrogen (secondary N) is 1. The fourth-order valence-corrected chi connectivity index (χ4v) is 5.28. The third-order valence-corrected chi connectivity index (χ3v) is 8.10. The van der Waals surface area contributed by atoms with Gasteiger partial charge < -0.3 is 15.0 Å². The van der Waals surface area contributed by atoms with Gasteiger partial charge in [0.1, 0.15) is 22.9 Å². The van der Waals surface area contributed by atoms with Crippen molar-refractivity contribution in [2.75, 3.05) is 44.7 Å². The molecular formula is C30H37FN8O2. The van der Waals surface area contributed by atoms with Gasteiger partial charge in [-0.1, -0.05) is 5.21 Å². The summed E-state index contributed by atoms with van der Waals surface area (Å²) in [5.41, 5.74) is 5.58. The van der Waals surface area contributed by atoms with Gasteiger partial charge in [0.05, 0.1) is 36.6 Å². The second kappa shape index (κ2) is 11.5. The van der Waals surface area contributed by atoms with Crippen LogP contribution in [0.4, 0.5) is 10.1 Å². The highest BCUT2D eigenvalue weighted by atomic mass is 19.1. The third-order valence-electron chi connectivity index (χ3n) is 8.10. The van der Waals surface area contributed by atoms with E-state index in [1.165, 1.54) is 38.3 Å². The van der Waals surface area contributed by atoms with Crippen molar-refractivity contribution >= 4 is 17.7 Å². The van der Waals surface area contributed by atoms with Crippen molar-refractivity contribution in [3.63, 3.8) is 0 Å². The summed E-state index contributed by atoms with van der Waals surface area (Å²) in [5, 5.41) is 11.4. The Morgan fingerprint density at radius 2 is 1.80 bits per heavy atom. The van der Waals surface area contributed by atoms with Crippen LogP contribution in [0.2, 0.25) is 0 Å². The number of piperazine rings is 1. The molecule has 3 fully saturated rings. The molecule has 2 saturated carbocycles. The Hall–Kier alpha value is -3.99. The first-order chi connectivity index (χ1) is 19.9. The smallest absolute Gasteiger partial charge is 0.207 e. The van der Waals surface area contributed by atoms with E-state index in [-0.39, 0.29) is 5.82 Å². The molecule has 1 amide bonds. The van der Waals surface area contributed by atoms with Crippen molar-refractivity contribution in [2.45, 2.75) is 45.6 Å². The van der Waals surface area contributed by atoms with Crippen molar-refractivity contribution < 1.29 is 13.9 Å². The SMILES string of the molecule is COc1cc2ncc(-c3cn(-c4cc(C)c(F)cc4C)nn3)n2cc1N1CCN(CC2CC2)CC1.O=CNC1CC1. The van der Waals surface area contributed by atoms with Crippen LogP contribution in [0.15, 0.2) is 36.8 Å². The highest BCUT2D eigenvalue weighted by molar-refractivity contribution is 5.68. The minimum atomic E-state index is -0.219. The molecule has 1 aromatic carbocycles. The molecule has 3 aromatic heterocycles. The number of fused-ring (bicyclic) bond motifs is 1. The molecule has 0 spiro atoms. The maximum Gasteiger partial charge on any atom is 0.207 e. The normalized spacial score (nSPS) is 17.3. The van der Waals surface area contributed by atoms with Gasteiger partial charge in [0, 0.05) is 51.0 Å². The topological polar surface area (TPSA) is 92.8 Å². The lowest BCUT2D eigenvalue weighted by Gasteiger charge is -2.36. The zero-order chi connectivity index (χ0) is 28.5. The number of ether oxygens (including phenoxy) is 1. The van der Waals surface area contributed by atoms with E-state index >= 15 is 0 Å². The molecule has 0 unspecified atom stereocenters. The number of hydrogen-bond donors (Lipinski definition) is 1. The minimum absolute atomic E-state index is 0.219.